The van der Waals surface area contributed by atoms with Crippen molar-refractivity contribution >= 4 is 32.9 Å². The second-order valence-corrected chi connectivity index (χ2v) is 5.74. The summed E-state index contributed by atoms with van der Waals surface area (Å²) < 4.78 is 48.4. The van der Waals surface area contributed by atoms with Gasteiger partial charge in [-0.2, -0.15) is 8.78 Å². The lowest BCUT2D eigenvalue weighted by atomic mass is 10.2. The lowest BCUT2D eigenvalue weighted by molar-refractivity contribution is 0.251. The normalized spacial score (nSPS) is 12.5. The van der Waals surface area contributed by atoms with Crippen LogP contribution >= 0.6 is 11.9 Å². The number of primary sulfonamides is 1. The maximum absolute atomic E-state index is 12.3. The number of fused-ring (bicyclic) bond motifs is 1. The summed E-state index contributed by atoms with van der Waals surface area (Å²) in [6, 6.07) is 6.34. The summed E-state index contributed by atoms with van der Waals surface area (Å²) in [5, 5.41) is 5.37. The molecule has 0 bridgehead atoms. The second kappa shape index (κ2) is 4.28. The van der Waals surface area contributed by atoms with Crippen molar-refractivity contribution in [3.8, 4) is 0 Å². The number of para-hydroxylation sites is 1. The van der Waals surface area contributed by atoms with Crippen LogP contribution in [0.2, 0.25) is 0 Å². The minimum absolute atomic E-state index is 0.152. The van der Waals surface area contributed by atoms with Gasteiger partial charge in [0.15, 0.2) is 0 Å². The molecule has 0 aliphatic heterocycles. The van der Waals surface area contributed by atoms with Crippen molar-refractivity contribution in [3.05, 3.63) is 30.5 Å². The fraction of sp³-hybridized carbons (Fsp3) is 0.111. The van der Waals surface area contributed by atoms with Crippen LogP contribution in [-0.2, 0) is 10.0 Å². The molecule has 4 nitrogen and oxygen atoms in total. The molecule has 0 spiro atoms. The lowest BCUT2D eigenvalue weighted by Gasteiger charge is -2.01. The zero-order chi connectivity index (χ0) is 12.6. The van der Waals surface area contributed by atoms with Crippen molar-refractivity contribution in [2.45, 2.75) is 10.7 Å². The van der Waals surface area contributed by atoms with E-state index in [9.17, 15) is 17.2 Å². The molecule has 1 aromatic carbocycles. The highest BCUT2D eigenvalue weighted by Gasteiger charge is 2.18. The molecule has 1 heterocycles. The maximum atomic E-state index is 12.3. The third kappa shape index (κ3) is 2.43. The molecule has 0 aliphatic carbocycles. The second-order valence-electron chi connectivity index (χ2n) is 3.25. The van der Waals surface area contributed by atoms with Crippen LogP contribution in [0.15, 0.2) is 35.4 Å². The van der Waals surface area contributed by atoms with Gasteiger partial charge in [0.05, 0.1) is 5.52 Å². The average molecular weight is 278 g/mol. The highest BCUT2D eigenvalue weighted by atomic mass is 32.2. The van der Waals surface area contributed by atoms with E-state index in [1.165, 1.54) is 6.07 Å². The average Bonchev–Trinajstić information content (AvgIpc) is 2.56. The van der Waals surface area contributed by atoms with Crippen molar-refractivity contribution in [2.24, 2.45) is 5.14 Å². The van der Waals surface area contributed by atoms with Crippen LogP contribution < -0.4 is 5.14 Å². The first-order chi connectivity index (χ1) is 7.89. The third-order valence-corrected chi connectivity index (χ3v) is 3.77. The molecule has 2 N–H and O–H groups in total. The van der Waals surface area contributed by atoms with Gasteiger partial charge in [0.1, 0.15) is 4.90 Å². The van der Waals surface area contributed by atoms with Gasteiger partial charge in [0, 0.05) is 23.5 Å². The van der Waals surface area contributed by atoms with Crippen molar-refractivity contribution in [1.82, 2.24) is 3.97 Å². The molecule has 2 aromatic rings. The highest BCUT2D eigenvalue weighted by Crippen LogP contribution is 2.29. The topological polar surface area (TPSA) is 65.1 Å². The van der Waals surface area contributed by atoms with E-state index < -0.39 is 15.8 Å². The van der Waals surface area contributed by atoms with E-state index >= 15 is 0 Å². The summed E-state index contributed by atoms with van der Waals surface area (Å²) in [6.45, 7) is 0. The minimum Gasteiger partial charge on any atom is -0.285 e. The molecule has 0 aliphatic rings. The van der Waals surface area contributed by atoms with E-state index in [2.05, 4.69) is 0 Å². The number of halogens is 2. The van der Waals surface area contributed by atoms with E-state index in [1.54, 1.807) is 18.2 Å². The van der Waals surface area contributed by atoms with Gasteiger partial charge in [-0.15, -0.1) is 0 Å². The smallest absolute Gasteiger partial charge is 0.285 e. The Hall–Kier alpha value is -1.12. The van der Waals surface area contributed by atoms with Crippen LogP contribution in [0.25, 0.3) is 10.9 Å². The Bertz CT molecular complexity index is 652. The molecule has 92 valence electrons. The van der Waals surface area contributed by atoms with Crippen molar-refractivity contribution < 1.29 is 17.2 Å². The molecule has 0 saturated heterocycles. The number of nitrogens with two attached hydrogens (primary N) is 1. The number of benzene rings is 1. The minimum atomic E-state index is -3.92. The Morgan fingerprint density at radius 3 is 2.53 bits per heavy atom. The zero-order valence-corrected chi connectivity index (χ0v) is 10.0. The predicted octanol–water partition coefficient (Wildman–Crippen LogP) is 2.01. The molecule has 17 heavy (non-hydrogen) atoms. The molecule has 2 rings (SSSR count). The number of hydrogen-bond acceptors (Lipinski definition) is 3. The fourth-order valence-electron chi connectivity index (χ4n) is 1.52. The van der Waals surface area contributed by atoms with E-state index in [1.807, 2.05) is 0 Å². The van der Waals surface area contributed by atoms with Crippen LogP contribution in [-0.4, -0.2) is 18.1 Å². The van der Waals surface area contributed by atoms with Gasteiger partial charge in [-0.1, -0.05) is 18.2 Å². The third-order valence-electron chi connectivity index (χ3n) is 2.14. The summed E-state index contributed by atoms with van der Waals surface area (Å²) in [6.07, 6.45) is 1.11. The number of nitrogens with zero attached hydrogens (tertiary/aromatic N) is 1. The first-order valence-electron chi connectivity index (χ1n) is 4.48. The number of rotatable bonds is 3. The number of hydrogen-bond donors (Lipinski definition) is 1. The molecule has 8 heteroatoms. The summed E-state index contributed by atoms with van der Waals surface area (Å²) in [5.74, 6) is -2.64. The standard InChI is InChI=1S/C9H8F2N2O2S2/c10-9(11)16-13-5-8(17(12,14)15)6-3-1-2-4-7(6)13/h1-5,9H,(H2,12,14,15). The molecule has 0 atom stereocenters. The van der Waals surface area contributed by atoms with Gasteiger partial charge >= 0.3 is 5.76 Å². The summed E-state index contributed by atoms with van der Waals surface area (Å²) in [4.78, 5) is -0.152. The van der Waals surface area contributed by atoms with Crippen LogP contribution in [0.3, 0.4) is 0 Å². The highest BCUT2D eigenvalue weighted by molar-refractivity contribution is 7.98. The van der Waals surface area contributed by atoms with Gasteiger partial charge in [-0.05, 0) is 6.07 Å². The Kier molecular flexibility index (Phi) is 3.11. The van der Waals surface area contributed by atoms with E-state index in [0.29, 0.717) is 10.9 Å². The summed E-state index contributed by atoms with van der Waals surface area (Å²) in [5.41, 5.74) is 0.391. The molecule has 0 radical (unpaired) electrons. The monoisotopic (exact) mass is 278 g/mol. The fourth-order valence-corrected chi connectivity index (χ4v) is 2.93. The van der Waals surface area contributed by atoms with E-state index in [0.717, 1.165) is 10.2 Å². The van der Waals surface area contributed by atoms with Crippen LogP contribution in [0.4, 0.5) is 8.78 Å². The Morgan fingerprint density at radius 1 is 1.29 bits per heavy atom. The molecule has 1 aromatic heterocycles. The summed E-state index contributed by atoms with van der Waals surface area (Å²) in [7, 11) is -3.92. The Morgan fingerprint density at radius 2 is 1.94 bits per heavy atom. The van der Waals surface area contributed by atoms with Crippen LogP contribution in [0, 0.1) is 0 Å². The molecule has 0 unspecified atom stereocenters. The molecule has 0 saturated carbocycles. The number of aromatic nitrogens is 1. The molecular weight excluding hydrogens is 270 g/mol. The maximum Gasteiger partial charge on any atom is 0.303 e. The van der Waals surface area contributed by atoms with Crippen molar-refractivity contribution in [1.29, 1.82) is 0 Å². The Balaban J connectivity index is 2.71. The lowest BCUT2D eigenvalue weighted by Crippen LogP contribution is -2.11. The first kappa shape index (κ1) is 12.3. The summed E-state index contributed by atoms with van der Waals surface area (Å²) >= 11 is 0.228. The van der Waals surface area contributed by atoms with E-state index in [4.69, 9.17) is 5.14 Å². The van der Waals surface area contributed by atoms with Crippen molar-refractivity contribution in [3.63, 3.8) is 0 Å². The zero-order valence-electron chi connectivity index (χ0n) is 8.38. The van der Waals surface area contributed by atoms with Gasteiger partial charge in [0.25, 0.3) is 0 Å². The van der Waals surface area contributed by atoms with E-state index in [-0.39, 0.29) is 16.8 Å². The SMILES string of the molecule is NS(=O)(=O)c1cn(SC(F)F)c2ccccc12. The molecule has 0 fully saturated rings. The Labute approximate surface area is 101 Å². The molecule has 0 amide bonds. The van der Waals surface area contributed by atoms with Gasteiger partial charge in [-0.3, -0.25) is 3.97 Å². The van der Waals surface area contributed by atoms with Gasteiger partial charge in [-0.25, -0.2) is 13.6 Å². The van der Waals surface area contributed by atoms with Crippen molar-refractivity contribution in [2.75, 3.05) is 0 Å². The van der Waals surface area contributed by atoms with Gasteiger partial charge < -0.3 is 0 Å². The van der Waals surface area contributed by atoms with Gasteiger partial charge in [0.2, 0.25) is 10.0 Å². The van der Waals surface area contributed by atoms with Crippen LogP contribution in [0.1, 0.15) is 0 Å². The number of alkyl halides is 2. The largest absolute Gasteiger partial charge is 0.303 e. The quantitative estimate of drug-likeness (QED) is 0.934. The first-order valence-corrected chi connectivity index (χ1v) is 6.86. The molecular formula is C9H8F2N2O2S2. The number of sulfonamides is 1. The van der Waals surface area contributed by atoms with Crippen LogP contribution in [0.5, 0.6) is 0 Å². The predicted molar refractivity (Wildman–Crippen MR) is 62.3 cm³/mol.